The van der Waals surface area contributed by atoms with E-state index < -0.39 is 11.6 Å². The highest BCUT2D eigenvalue weighted by Crippen LogP contribution is 2.24. The van der Waals surface area contributed by atoms with Gasteiger partial charge in [-0.2, -0.15) is 0 Å². The van der Waals surface area contributed by atoms with Crippen molar-refractivity contribution in [3.05, 3.63) is 40.2 Å². The fourth-order valence-electron chi connectivity index (χ4n) is 1.74. The smallest absolute Gasteiger partial charge is 0.348 e. The van der Waals surface area contributed by atoms with Crippen LogP contribution in [0, 0.1) is 0 Å². The predicted molar refractivity (Wildman–Crippen MR) is 73.5 cm³/mol. The monoisotopic (exact) mass is 275 g/mol. The number of carbonyl (C=O) groups is 1. The lowest BCUT2D eigenvalue weighted by molar-refractivity contribution is -0.137. The highest BCUT2D eigenvalue weighted by atomic mass is 16.4. The Labute approximate surface area is 114 Å². The summed E-state index contributed by atoms with van der Waals surface area (Å²) in [6.45, 7) is 0.262. The zero-order valence-corrected chi connectivity index (χ0v) is 10.6. The molecule has 2 aromatic rings. The minimum absolute atomic E-state index is 0.00957. The molecule has 0 aliphatic carbocycles. The number of carboxylic acids is 1. The third kappa shape index (κ3) is 3.03. The number of aliphatic carboxylic acids is 1. The molecule has 6 heteroatoms. The maximum Gasteiger partial charge on any atom is 0.348 e. The standard InChI is InChI=1S/C14H13NO5/c16-12(17)6-3-7-15-8-10-13(18)9-4-1-2-5-11(9)20-14(10)19/h1-2,4-5,8,18H,3,6-7H2,(H,16,17). The Kier molecular flexibility index (Phi) is 4.14. The molecule has 0 saturated heterocycles. The molecule has 0 saturated carbocycles. The average molecular weight is 275 g/mol. The molecule has 20 heavy (non-hydrogen) atoms. The van der Waals surface area contributed by atoms with Gasteiger partial charge in [0.05, 0.1) is 5.39 Å². The Morgan fingerprint density at radius 3 is 2.85 bits per heavy atom. The second-order valence-electron chi connectivity index (χ2n) is 4.18. The quantitative estimate of drug-likeness (QED) is 0.492. The fourth-order valence-corrected chi connectivity index (χ4v) is 1.74. The van der Waals surface area contributed by atoms with Crippen LogP contribution in [0.25, 0.3) is 11.0 Å². The van der Waals surface area contributed by atoms with Crippen LogP contribution in [0.4, 0.5) is 0 Å². The molecule has 0 unspecified atom stereocenters. The molecule has 0 aliphatic rings. The topological polar surface area (TPSA) is 100 Å². The first kappa shape index (κ1) is 13.8. The maximum atomic E-state index is 11.7. The number of nitrogens with zero attached hydrogens (tertiary/aromatic N) is 1. The SMILES string of the molecule is O=C(O)CCCN=Cc1c(O)c2ccccc2oc1=O. The molecular formula is C14H13NO5. The van der Waals surface area contributed by atoms with Crippen molar-refractivity contribution < 1.29 is 19.4 Å². The van der Waals surface area contributed by atoms with Gasteiger partial charge in [-0.25, -0.2) is 4.79 Å². The average Bonchev–Trinajstić information content (AvgIpc) is 2.41. The number of hydrogen-bond donors (Lipinski definition) is 2. The van der Waals surface area contributed by atoms with Gasteiger partial charge in [-0.3, -0.25) is 9.79 Å². The van der Waals surface area contributed by atoms with Gasteiger partial charge in [-0.05, 0) is 18.6 Å². The van der Waals surface area contributed by atoms with Gasteiger partial charge in [0.1, 0.15) is 16.9 Å². The maximum absolute atomic E-state index is 11.7. The van der Waals surface area contributed by atoms with Gasteiger partial charge >= 0.3 is 11.6 Å². The molecule has 0 radical (unpaired) electrons. The molecule has 6 nitrogen and oxygen atoms in total. The van der Waals surface area contributed by atoms with Crippen molar-refractivity contribution in [1.29, 1.82) is 0 Å². The van der Waals surface area contributed by atoms with Gasteiger partial charge in [-0.15, -0.1) is 0 Å². The van der Waals surface area contributed by atoms with Crippen LogP contribution in [-0.4, -0.2) is 28.9 Å². The molecule has 1 aromatic heterocycles. The number of aliphatic imine (C=N–C) groups is 1. The van der Waals surface area contributed by atoms with Crippen LogP contribution in [-0.2, 0) is 4.79 Å². The Balaban J connectivity index is 2.24. The first-order valence-electron chi connectivity index (χ1n) is 6.06. The number of para-hydroxylation sites is 1. The minimum Gasteiger partial charge on any atom is -0.506 e. The molecule has 1 heterocycles. The molecule has 0 spiro atoms. The first-order valence-corrected chi connectivity index (χ1v) is 6.06. The summed E-state index contributed by atoms with van der Waals surface area (Å²) in [5.74, 6) is -1.08. The van der Waals surface area contributed by atoms with Crippen LogP contribution in [0.3, 0.4) is 0 Å². The lowest BCUT2D eigenvalue weighted by Crippen LogP contribution is -2.07. The van der Waals surface area contributed by atoms with E-state index in [1.54, 1.807) is 24.3 Å². The molecule has 104 valence electrons. The zero-order valence-electron chi connectivity index (χ0n) is 10.6. The van der Waals surface area contributed by atoms with Crippen LogP contribution in [0.2, 0.25) is 0 Å². The second kappa shape index (κ2) is 6.01. The summed E-state index contributed by atoms with van der Waals surface area (Å²) in [4.78, 5) is 26.0. The van der Waals surface area contributed by atoms with E-state index in [1.807, 2.05) is 0 Å². The van der Waals surface area contributed by atoms with Gasteiger partial charge in [0.25, 0.3) is 0 Å². The summed E-state index contributed by atoms with van der Waals surface area (Å²) in [5, 5.41) is 18.9. The highest BCUT2D eigenvalue weighted by Gasteiger charge is 2.11. The summed E-state index contributed by atoms with van der Waals surface area (Å²) >= 11 is 0. The summed E-state index contributed by atoms with van der Waals surface area (Å²) in [6.07, 6.45) is 1.59. The summed E-state index contributed by atoms with van der Waals surface area (Å²) in [7, 11) is 0. The lowest BCUT2D eigenvalue weighted by atomic mass is 10.1. The zero-order chi connectivity index (χ0) is 14.5. The molecule has 0 aliphatic heterocycles. The Morgan fingerprint density at radius 2 is 2.10 bits per heavy atom. The third-order valence-electron chi connectivity index (χ3n) is 2.72. The van der Waals surface area contributed by atoms with E-state index >= 15 is 0 Å². The molecule has 2 N–H and O–H groups in total. The molecule has 0 amide bonds. The molecular weight excluding hydrogens is 262 g/mol. The van der Waals surface area contributed by atoms with Crippen LogP contribution in [0.15, 0.2) is 38.5 Å². The van der Waals surface area contributed by atoms with E-state index in [9.17, 15) is 14.7 Å². The lowest BCUT2D eigenvalue weighted by Gasteiger charge is -2.02. The third-order valence-corrected chi connectivity index (χ3v) is 2.72. The van der Waals surface area contributed by atoms with E-state index in [1.165, 1.54) is 6.21 Å². The number of benzene rings is 1. The fraction of sp³-hybridized carbons (Fsp3) is 0.214. The number of aromatic hydroxyl groups is 1. The van der Waals surface area contributed by atoms with E-state index in [2.05, 4.69) is 4.99 Å². The second-order valence-corrected chi connectivity index (χ2v) is 4.18. The number of hydrogen-bond acceptors (Lipinski definition) is 5. The largest absolute Gasteiger partial charge is 0.506 e. The molecule has 0 bridgehead atoms. The normalized spacial score (nSPS) is 11.2. The van der Waals surface area contributed by atoms with Crippen molar-refractivity contribution in [3.8, 4) is 5.75 Å². The van der Waals surface area contributed by atoms with Crippen molar-refractivity contribution >= 4 is 23.2 Å². The van der Waals surface area contributed by atoms with Crippen molar-refractivity contribution in [2.24, 2.45) is 4.99 Å². The van der Waals surface area contributed by atoms with Crippen LogP contribution < -0.4 is 5.63 Å². The Morgan fingerprint density at radius 1 is 1.35 bits per heavy atom. The van der Waals surface area contributed by atoms with Crippen LogP contribution >= 0.6 is 0 Å². The van der Waals surface area contributed by atoms with Gasteiger partial charge in [0.15, 0.2) is 0 Å². The molecule has 0 fully saturated rings. The number of carboxylic acid groups (broad SMARTS) is 1. The van der Waals surface area contributed by atoms with Crippen molar-refractivity contribution in [1.82, 2.24) is 0 Å². The van der Waals surface area contributed by atoms with Crippen molar-refractivity contribution in [3.63, 3.8) is 0 Å². The highest BCUT2D eigenvalue weighted by molar-refractivity contribution is 5.93. The van der Waals surface area contributed by atoms with Gasteiger partial charge in [0, 0.05) is 19.2 Å². The summed E-state index contributed by atoms with van der Waals surface area (Å²) in [5.41, 5.74) is -0.403. The van der Waals surface area contributed by atoms with Crippen molar-refractivity contribution in [2.75, 3.05) is 6.54 Å². The Hall–Kier alpha value is -2.63. The minimum atomic E-state index is -0.895. The van der Waals surface area contributed by atoms with E-state index in [0.717, 1.165) is 0 Å². The Bertz CT molecular complexity index is 717. The van der Waals surface area contributed by atoms with E-state index in [-0.39, 0.29) is 24.3 Å². The molecule has 0 atom stereocenters. The van der Waals surface area contributed by atoms with Gasteiger partial charge in [-0.1, -0.05) is 12.1 Å². The number of rotatable bonds is 5. The van der Waals surface area contributed by atoms with E-state index in [4.69, 9.17) is 9.52 Å². The van der Waals surface area contributed by atoms with E-state index in [0.29, 0.717) is 17.4 Å². The molecule has 2 rings (SSSR count). The van der Waals surface area contributed by atoms with Gasteiger partial charge < -0.3 is 14.6 Å². The summed E-state index contributed by atoms with van der Waals surface area (Å²) in [6, 6.07) is 6.64. The van der Waals surface area contributed by atoms with Gasteiger partial charge in [0.2, 0.25) is 0 Å². The van der Waals surface area contributed by atoms with Crippen molar-refractivity contribution in [2.45, 2.75) is 12.8 Å². The van der Waals surface area contributed by atoms with Crippen LogP contribution in [0.5, 0.6) is 5.75 Å². The molecule has 1 aromatic carbocycles. The predicted octanol–water partition coefficient (Wildman–Crippen LogP) is 1.78. The number of fused-ring (bicyclic) bond motifs is 1. The first-order chi connectivity index (χ1) is 9.59. The van der Waals surface area contributed by atoms with Crippen LogP contribution in [0.1, 0.15) is 18.4 Å². The summed E-state index contributed by atoms with van der Waals surface area (Å²) < 4.78 is 5.07.